The van der Waals surface area contributed by atoms with Gasteiger partial charge in [0, 0.05) is 5.56 Å². The molecule has 0 aliphatic carbocycles. The van der Waals surface area contributed by atoms with Crippen molar-refractivity contribution in [1.29, 1.82) is 0 Å². The maximum Gasteiger partial charge on any atom is 0.413 e. The average Bonchev–Trinajstić information content (AvgIpc) is 2.77. The number of carboxylic acid groups (broad SMARTS) is 1. The molecule has 0 spiro atoms. The third-order valence-corrected chi connectivity index (χ3v) is 3.81. The lowest BCUT2D eigenvalue weighted by Crippen LogP contribution is -2.47. The summed E-state index contributed by atoms with van der Waals surface area (Å²) in [5.41, 5.74) is -0.576. The van der Waals surface area contributed by atoms with Gasteiger partial charge >= 0.3 is 12.1 Å². The average molecular weight is 345 g/mol. The zero-order chi connectivity index (χ0) is 19.0. The molecule has 1 saturated heterocycles. The molecule has 1 fully saturated rings. The van der Waals surface area contributed by atoms with Crippen LogP contribution < -0.4 is 0 Å². The Bertz CT molecular complexity index is 709. The number of carbonyl (C=O) groups is 2. The first kappa shape index (κ1) is 18.8. The first-order valence-corrected chi connectivity index (χ1v) is 7.96. The Morgan fingerprint density at radius 3 is 2.28 bits per heavy atom. The highest BCUT2D eigenvalue weighted by atomic mass is 16.6. The maximum absolute atomic E-state index is 12.7. The normalized spacial score (nSPS) is 22.3. The molecule has 2 rings (SSSR count). The Morgan fingerprint density at radius 1 is 1.28 bits per heavy atom. The molecule has 0 unspecified atom stereocenters. The predicted octanol–water partition coefficient (Wildman–Crippen LogP) is 3.17. The second-order valence-electron chi connectivity index (χ2n) is 7.38. The third-order valence-electron chi connectivity index (χ3n) is 3.81. The molecule has 1 aromatic rings. The standard InChI is InChI=1S/C19H23NO5/c1-7-12-8-10-13(11-9-12)14-15(16(21)22)24-19(5,6)20(14)17(23)25-18(2,3)4/h1,8-11,14-15H,2-6H3,(H,21,22)/t14-,15+/m0/s1. The van der Waals surface area contributed by atoms with E-state index in [-0.39, 0.29) is 0 Å². The zero-order valence-electron chi connectivity index (χ0n) is 15.1. The van der Waals surface area contributed by atoms with E-state index in [0.29, 0.717) is 11.1 Å². The minimum Gasteiger partial charge on any atom is -0.479 e. The second kappa shape index (κ2) is 6.41. The third kappa shape index (κ3) is 3.94. The van der Waals surface area contributed by atoms with Crippen LogP contribution in [-0.4, -0.2) is 39.5 Å². The van der Waals surface area contributed by atoms with E-state index in [4.69, 9.17) is 15.9 Å². The lowest BCUT2D eigenvalue weighted by Gasteiger charge is -2.35. The van der Waals surface area contributed by atoms with Crippen LogP contribution in [0.2, 0.25) is 0 Å². The zero-order valence-corrected chi connectivity index (χ0v) is 15.1. The van der Waals surface area contributed by atoms with E-state index in [1.807, 2.05) is 0 Å². The van der Waals surface area contributed by atoms with Crippen LogP contribution in [0.4, 0.5) is 4.79 Å². The first-order chi connectivity index (χ1) is 11.5. The number of rotatable bonds is 2. The molecule has 0 aromatic heterocycles. The molecule has 1 amide bonds. The Kier molecular flexibility index (Phi) is 4.83. The van der Waals surface area contributed by atoms with Crippen molar-refractivity contribution in [2.24, 2.45) is 0 Å². The molecule has 0 saturated carbocycles. The van der Waals surface area contributed by atoms with Crippen molar-refractivity contribution < 1.29 is 24.2 Å². The van der Waals surface area contributed by atoms with Gasteiger partial charge in [0.1, 0.15) is 17.4 Å². The lowest BCUT2D eigenvalue weighted by atomic mass is 9.99. The van der Waals surface area contributed by atoms with E-state index >= 15 is 0 Å². The van der Waals surface area contributed by atoms with Gasteiger partial charge in [0.15, 0.2) is 6.10 Å². The fraction of sp³-hybridized carbons (Fsp3) is 0.474. The van der Waals surface area contributed by atoms with Crippen LogP contribution in [0, 0.1) is 12.3 Å². The summed E-state index contributed by atoms with van der Waals surface area (Å²) in [6.45, 7) is 8.53. The molecular weight excluding hydrogens is 322 g/mol. The van der Waals surface area contributed by atoms with Crippen molar-refractivity contribution in [2.75, 3.05) is 0 Å². The van der Waals surface area contributed by atoms with Gasteiger partial charge in [-0.3, -0.25) is 4.90 Å². The van der Waals surface area contributed by atoms with Gasteiger partial charge in [-0.05, 0) is 52.3 Å². The molecule has 1 aliphatic heterocycles. The number of carbonyl (C=O) groups excluding carboxylic acids is 1. The van der Waals surface area contributed by atoms with Gasteiger partial charge in [-0.2, -0.15) is 0 Å². The fourth-order valence-corrected chi connectivity index (χ4v) is 2.83. The minimum absolute atomic E-state index is 0.614. The summed E-state index contributed by atoms with van der Waals surface area (Å²) in [5.74, 6) is 1.36. The molecule has 6 nitrogen and oxygen atoms in total. The number of hydrogen-bond donors (Lipinski definition) is 1. The molecule has 1 aromatic carbocycles. The van der Waals surface area contributed by atoms with Crippen molar-refractivity contribution in [1.82, 2.24) is 4.90 Å². The summed E-state index contributed by atoms with van der Waals surface area (Å²) in [5, 5.41) is 9.57. The van der Waals surface area contributed by atoms with E-state index in [9.17, 15) is 14.7 Å². The molecule has 0 bridgehead atoms. The van der Waals surface area contributed by atoms with Gasteiger partial charge < -0.3 is 14.6 Å². The SMILES string of the molecule is C#Cc1ccc([C@H]2[C@H](C(=O)O)OC(C)(C)N2C(=O)OC(C)(C)C)cc1. The minimum atomic E-state index is -1.21. The van der Waals surface area contributed by atoms with Crippen LogP contribution in [0.15, 0.2) is 24.3 Å². The van der Waals surface area contributed by atoms with Crippen LogP contribution in [0.25, 0.3) is 0 Å². The molecule has 25 heavy (non-hydrogen) atoms. The van der Waals surface area contributed by atoms with Gasteiger partial charge in [-0.1, -0.05) is 18.1 Å². The molecule has 1 heterocycles. The van der Waals surface area contributed by atoms with Gasteiger partial charge in [-0.25, -0.2) is 9.59 Å². The number of hydrogen-bond acceptors (Lipinski definition) is 4. The highest BCUT2D eigenvalue weighted by Crippen LogP contribution is 2.42. The van der Waals surface area contributed by atoms with Crippen LogP contribution >= 0.6 is 0 Å². The van der Waals surface area contributed by atoms with Gasteiger partial charge in [0.05, 0.1) is 0 Å². The van der Waals surface area contributed by atoms with Crippen LogP contribution in [0.5, 0.6) is 0 Å². The quantitative estimate of drug-likeness (QED) is 0.833. The van der Waals surface area contributed by atoms with Crippen LogP contribution in [0.3, 0.4) is 0 Å². The topological polar surface area (TPSA) is 76.1 Å². The molecule has 6 heteroatoms. The summed E-state index contributed by atoms with van der Waals surface area (Å²) in [6, 6.07) is 5.99. The largest absolute Gasteiger partial charge is 0.479 e. The van der Waals surface area contributed by atoms with Crippen molar-refractivity contribution in [2.45, 2.75) is 58.1 Å². The number of nitrogens with zero attached hydrogens (tertiary/aromatic N) is 1. The number of amides is 1. The predicted molar refractivity (Wildman–Crippen MR) is 91.8 cm³/mol. The Balaban J connectivity index is 2.49. The van der Waals surface area contributed by atoms with E-state index in [0.717, 1.165) is 0 Å². The summed E-state index contributed by atoms with van der Waals surface area (Å²) < 4.78 is 11.1. The molecule has 0 radical (unpaired) electrons. The second-order valence-corrected chi connectivity index (χ2v) is 7.38. The molecule has 1 N–H and O–H groups in total. The van der Waals surface area contributed by atoms with Crippen molar-refractivity contribution in [3.63, 3.8) is 0 Å². The number of carboxylic acids is 1. The van der Waals surface area contributed by atoms with Crippen molar-refractivity contribution in [3.05, 3.63) is 35.4 Å². The van der Waals surface area contributed by atoms with Crippen LogP contribution in [0.1, 0.15) is 51.8 Å². The molecule has 134 valence electrons. The number of benzene rings is 1. The smallest absolute Gasteiger partial charge is 0.413 e. The summed E-state index contributed by atoms with van der Waals surface area (Å²) >= 11 is 0. The van der Waals surface area contributed by atoms with E-state index in [1.165, 1.54) is 4.90 Å². The van der Waals surface area contributed by atoms with Crippen molar-refractivity contribution in [3.8, 4) is 12.3 Å². The molecule has 2 atom stereocenters. The molecular formula is C19H23NO5. The fourth-order valence-electron chi connectivity index (χ4n) is 2.83. The highest BCUT2D eigenvalue weighted by molar-refractivity contribution is 5.78. The van der Waals surface area contributed by atoms with Crippen molar-refractivity contribution >= 4 is 12.1 Å². The summed E-state index contributed by atoms with van der Waals surface area (Å²) in [7, 11) is 0. The highest BCUT2D eigenvalue weighted by Gasteiger charge is 2.54. The summed E-state index contributed by atoms with van der Waals surface area (Å²) in [4.78, 5) is 25.8. The Hall–Kier alpha value is -2.52. The molecule has 1 aliphatic rings. The number of aliphatic carboxylic acids is 1. The first-order valence-electron chi connectivity index (χ1n) is 7.96. The van der Waals surface area contributed by atoms with Gasteiger partial charge in [0.25, 0.3) is 0 Å². The monoisotopic (exact) mass is 345 g/mol. The van der Waals surface area contributed by atoms with E-state index < -0.39 is 35.5 Å². The number of ether oxygens (including phenoxy) is 2. The van der Waals surface area contributed by atoms with Gasteiger partial charge in [0.2, 0.25) is 0 Å². The summed E-state index contributed by atoms with van der Waals surface area (Å²) in [6.07, 6.45) is 3.52. The van der Waals surface area contributed by atoms with Crippen LogP contribution in [-0.2, 0) is 14.3 Å². The number of terminal acetylenes is 1. The Morgan fingerprint density at radius 2 is 1.84 bits per heavy atom. The van der Waals surface area contributed by atoms with E-state index in [1.54, 1.807) is 58.9 Å². The van der Waals surface area contributed by atoms with Gasteiger partial charge in [-0.15, -0.1) is 6.42 Å². The lowest BCUT2D eigenvalue weighted by molar-refractivity contribution is -0.155. The Labute approximate surface area is 147 Å². The maximum atomic E-state index is 12.7. The van der Waals surface area contributed by atoms with E-state index in [2.05, 4.69) is 5.92 Å².